The third-order valence-corrected chi connectivity index (χ3v) is 3.17. The lowest BCUT2D eigenvalue weighted by Crippen LogP contribution is -2.11. The Labute approximate surface area is 118 Å². The molecule has 4 nitrogen and oxygen atoms in total. The fraction of sp³-hybridized carbons (Fsp3) is 0.357. The van der Waals surface area contributed by atoms with Crippen LogP contribution in [0.5, 0.6) is 5.75 Å². The second-order valence-corrected chi connectivity index (χ2v) is 4.63. The molecule has 0 spiro atoms. The van der Waals surface area contributed by atoms with Crippen molar-refractivity contribution in [3.63, 3.8) is 0 Å². The van der Waals surface area contributed by atoms with Crippen LogP contribution in [0.3, 0.4) is 0 Å². The Morgan fingerprint density at radius 1 is 1.32 bits per heavy atom. The third kappa shape index (κ3) is 3.49. The molecule has 0 aliphatic heterocycles. The van der Waals surface area contributed by atoms with E-state index in [-0.39, 0.29) is 0 Å². The number of ether oxygens (including phenoxy) is 1. The minimum atomic E-state index is 0.444. The topological polar surface area (TPSA) is 53.1 Å². The van der Waals surface area contributed by atoms with E-state index in [4.69, 9.17) is 22.1 Å². The van der Waals surface area contributed by atoms with Gasteiger partial charge in [0.15, 0.2) is 0 Å². The maximum Gasteiger partial charge on any atom is 0.146 e. The molecule has 1 aromatic carbocycles. The lowest BCUT2D eigenvalue weighted by atomic mass is 10.3. The minimum absolute atomic E-state index is 0.444. The Balaban J connectivity index is 2.04. The van der Waals surface area contributed by atoms with E-state index in [9.17, 15) is 0 Å². The molecule has 0 aliphatic carbocycles. The maximum absolute atomic E-state index is 5.83. The molecule has 2 N–H and O–H groups in total. The summed E-state index contributed by atoms with van der Waals surface area (Å²) in [6, 6.07) is 7.32. The first-order chi connectivity index (χ1) is 9.24. The van der Waals surface area contributed by atoms with Gasteiger partial charge in [-0.05, 0) is 37.7 Å². The normalized spacial score (nSPS) is 10.7. The number of nitrogens with two attached hydrogens (primary N) is 1. The number of imidazole rings is 1. The zero-order valence-electron chi connectivity index (χ0n) is 11.0. The van der Waals surface area contributed by atoms with Crippen LogP contribution in [-0.2, 0) is 19.6 Å². The smallest absolute Gasteiger partial charge is 0.146 e. The van der Waals surface area contributed by atoms with Gasteiger partial charge in [0.2, 0.25) is 0 Å². The fourth-order valence-electron chi connectivity index (χ4n) is 1.98. The highest BCUT2D eigenvalue weighted by atomic mass is 35.5. The summed E-state index contributed by atoms with van der Waals surface area (Å²) >= 11 is 5.83. The number of hydrogen-bond acceptors (Lipinski definition) is 3. The highest BCUT2D eigenvalue weighted by molar-refractivity contribution is 6.30. The molecule has 0 atom stereocenters. The van der Waals surface area contributed by atoms with Crippen molar-refractivity contribution < 1.29 is 4.74 Å². The summed E-state index contributed by atoms with van der Waals surface area (Å²) in [6.07, 6.45) is 2.71. The molecule has 5 heteroatoms. The molecule has 0 unspecified atom stereocenters. The van der Waals surface area contributed by atoms with Crippen molar-refractivity contribution in [2.45, 2.75) is 26.5 Å². The molecule has 0 amide bonds. The Kier molecular flexibility index (Phi) is 4.82. The quantitative estimate of drug-likeness (QED) is 0.884. The van der Waals surface area contributed by atoms with Gasteiger partial charge in [0.1, 0.15) is 18.2 Å². The molecule has 1 heterocycles. The van der Waals surface area contributed by atoms with Gasteiger partial charge in [0.05, 0.1) is 0 Å². The molecule has 0 radical (unpaired) electrons. The molecule has 19 heavy (non-hydrogen) atoms. The monoisotopic (exact) mass is 279 g/mol. The number of aromatic nitrogens is 2. The minimum Gasteiger partial charge on any atom is -0.486 e. The van der Waals surface area contributed by atoms with Gasteiger partial charge in [-0.3, -0.25) is 0 Å². The van der Waals surface area contributed by atoms with Crippen LogP contribution in [-0.4, -0.2) is 16.1 Å². The molecular formula is C14H18ClN3O. The van der Waals surface area contributed by atoms with Gasteiger partial charge in [-0.2, -0.15) is 0 Å². The first kappa shape index (κ1) is 13.9. The van der Waals surface area contributed by atoms with E-state index >= 15 is 0 Å². The highest BCUT2D eigenvalue weighted by Gasteiger charge is 2.08. The molecule has 1 aromatic heterocycles. The molecule has 2 rings (SSSR count). The van der Waals surface area contributed by atoms with Gasteiger partial charge >= 0.3 is 0 Å². The van der Waals surface area contributed by atoms with Crippen molar-refractivity contribution in [1.29, 1.82) is 0 Å². The van der Waals surface area contributed by atoms with E-state index in [0.29, 0.717) is 18.2 Å². The van der Waals surface area contributed by atoms with Crippen LogP contribution < -0.4 is 10.5 Å². The van der Waals surface area contributed by atoms with Crippen LogP contribution in [0.2, 0.25) is 5.02 Å². The van der Waals surface area contributed by atoms with Crippen molar-refractivity contribution in [1.82, 2.24) is 9.55 Å². The second kappa shape index (κ2) is 6.59. The predicted octanol–water partition coefficient (Wildman–Crippen LogP) is 2.64. The van der Waals surface area contributed by atoms with Crippen LogP contribution in [0.15, 0.2) is 30.5 Å². The predicted molar refractivity (Wildman–Crippen MR) is 76.4 cm³/mol. The van der Waals surface area contributed by atoms with Gasteiger partial charge < -0.3 is 15.0 Å². The molecule has 2 aromatic rings. The zero-order valence-corrected chi connectivity index (χ0v) is 11.7. The lowest BCUT2D eigenvalue weighted by molar-refractivity contribution is 0.289. The van der Waals surface area contributed by atoms with E-state index in [0.717, 1.165) is 30.2 Å². The summed E-state index contributed by atoms with van der Waals surface area (Å²) in [6.45, 7) is 4.03. The van der Waals surface area contributed by atoms with E-state index in [1.165, 1.54) is 0 Å². The first-order valence-electron chi connectivity index (χ1n) is 6.36. The molecular weight excluding hydrogens is 262 g/mol. The molecule has 102 valence electrons. The standard InChI is InChI=1S/C14H18ClN3O/c1-2-18-12(7-8-16)9-17-14(18)10-19-13-5-3-11(15)4-6-13/h3-6,9H,2,7-8,10,16H2,1H3. The lowest BCUT2D eigenvalue weighted by Gasteiger charge is -2.10. The zero-order chi connectivity index (χ0) is 13.7. The van der Waals surface area contributed by atoms with Crippen LogP contribution >= 0.6 is 11.6 Å². The molecule has 0 fully saturated rings. The van der Waals surface area contributed by atoms with Crippen LogP contribution in [0.1, 0.15) is 18.4 Å². The largest absolute Gasteiger partial charge is 0.486 e. The van der Waals surface area contributed by atoms with Gasteiger partial charge in [-0.25, -0.2) is 4.98 Å². The van der Waals surface area contributed by atoms with E-state index in [1.54, 1.807) is 0 Å². The van der Waals surface area contributed by atoms with E-state index in [2.05, 4.69) is 16.5 Å². The average molecular weight is 280 g/mol. The molecule has 0 saturated heterocycles. The Bertz CT molecular complexity index is 522. The molecule has 0 saturated carbocycles. The number of hydrogen-bond donors (Lipinski definition) is 1. The van der Waals surface area contributed by atoms with Gasteiger partial charge in [-0.15, -0.1) is 0 Å². The molecule has 0 bridgehead atoms. The summed E-state index contributed by atoms with van der Waals surface area (Å²) in [7, 11) is 0. The van der Waals surface area contributed by atoms with Crippen molar-refractivity contribution in [3.8, 4) is 5.75 Å². The number of halogens is 1. The van der Waals surface area contributed by atoms with Gasteiger partial charge in [0.25, 0.3) is 0 Å². The van der Waals surface area contributed by atoms with Crippen molar-refractivity contribution in [2.24, 2.45) is 5.73 Å². The second-order valence-electron chi connectivity index (χ2n) is 4.19. The maximum atomic E-state index is 5.83. The van der Waals surface area contributed by atoms with Crippen LogP contribution in [0.4, 0.5) is 0 Å². The Morgan fingerprint density at radius 2 is 2.05 bits per heavy atom. The van der Waals surface area contributed by atoms with Gasteiger partial charge in [-0.1, -0.05) is 11.6 Å². The Morgan fingerprint density at radius 3 is 2.68 bits per heavy atom. The summed E-state index contributed by atoms with van der Waals surface area (Å²) in [5.74, 6) is 1.70. The summed E-state index contributed by atoms with van der Waals surface area (Å²) in [5, 5.41) is 0.702. The SMILES string of the molecule is CCn1c(CCN)cnc1COc1ccc(Cl)cc1. The van der Waals surface area contributed by atoms with Crippen LogP contribution in [0.25, 0.3) is 0 Å². The third-order valence-electron chi connectivity index (χ3n) is 2.92. The average Bonchev–Trinajstić information content (AvgIpc) is 2.81. The van der Waals surface area contributed by atoms with Gasteiger partial charge in [0, 0.05) is 29.9 Å². The highest BCUT2D eigenvalue weighted by Crippen LogP contribution is 2.17. The van der Waals surface area contributed by atoms with Crippen LogP contribution in [0, 0.1) is 0 Å². The number of rotatable bonds is 6. The summed E-state index contributed by atoms with van der Waals surface area (Å²) in [4.78, 5) is 4.39. The van der Waals surface area contributed by atoms with E-state index in [1.807, 2.05) is 30.5 Å². The van der Waals surface area contributed by atoms with Crippen molar-refractivity contribution >= 4 is 11.6 Å². The van der Waals surface area contributed by atoms with E-state index < -0.39 is 0 Å². The van der Waals surface area contributed by atoms with Crippen molar-refractivity contribution in [3.05, 3.63) is 47.0 Å². The number of benzene rings is 1. The summed E-state index contributed by atoms with van der Waals surface area (Å²) in [5.41, 5.74) is 6.74. The van der Waals surface area contributed by atoms with Crippen molar-refractivity contribution in [2.75, 3.05) is 6.54 Å². The summed E-state index contributed by atoms with van der Waals surface area (Å²) < 4.78 is 7.85. The Hall–Kier alpha value is -1.52. The first-order valence-corrected chi connectivity index (χ1v) is 6.74. The molecule has 0 aliphatic rings. The number of nitrogens with zero attached hydrogens (tertiary/aromatic N) is 2. The fourth-order valence-corrected chi connectivity index (χ4v) is 2.11.